The molecule has 0 bridgehead atoms. The lowest BCUT2D eigenvalue weighted by Crippen LogP contribution is -2.32. The standard InChI is InChI=1S/C16H18N4O/c1-16(2,17)8-7-14-19-15(20-21-14)12-5-6-13-11(10-12)4-3-9-18-13/h3-6,9-10H,7-8,17H2,1-2H3. The van der Waals surface area contributed by atoms with Crippen LogP contribution in [0.5, 0.6) is 0 Å². The molecule has 0 fully saturated rings. The summed E-state index contributed by atoms with van der Waals surface area (Å²) in [5.41, 5.74) is 7.62. The van der Waals surface area contributed by atoms with Crippen LogP contribution in [0.3, 0.4) is 0 Å². The maximum Gasteiger partial charge on any atom is 0.227 e. The number of aryl methyl sites for hydroxylation is 1. The average Bonchev–Trinajstić information content (AvgIpc) is 2.93. The van der Waals surface area contributed by atoms with E-state index in [9.17, 15) is 0 Å². The molecule has 0 atom stereocenters. The van der Waals surface area contributed by atoms with Crippen molar-refractivity contribution in [3.05, 3.63) is 42.4 Å². The molecule has 0 aliphatic heterocycles. The fraction of sp³-hybridized carbons (Fsp3) is 0.312. The van der Waals surface area contributed by atoms with Crippen LogP contribution in [0.15, 0.2) is 41.1 Å². The Labute approximate surface area is 123 Å². The van der Waals surface area contributed by atoms with Gasteiger partial charge in [-0.2, -0.15) is 4.98 Å². The lowest BCUT2D eigenvalue weighted by atomic mass is 10.0. The molecule has 2 N–H and O–H groups in total. The number of aromatic nitrogens is 3. The minimum Gasteiger partial charge on any atom is -0.339 e. The molecule has 2 aromatic heterocycles. The van der Waals surface area contributed by atoms with E-state index in [-0.39, 0.29) is 5.54 Å². The fourth-order valence-electron chi connectivity index (χ4n) is 2.12. The molecule has 0 spiro atoms. The molecule has 108 valence electrons. The largest absolute Gasteiger partial charge is 0.339 e. The zero-order chi connectivity index (χ0) is 14.9. The number of rotatable bonds is 4. The van der Waals surface area contributed by atoms with Crippen molar-refractivity contribution in [1.82, 2.24) is 15.1 Å². The van der Waals surface area contributed by atoms with Crippen LogP contribution in [0.4, 0.5) is 0 Å². The van der Waals surface area contributed by atoms with Gasteiger partial charge in [-0.1, -0.05) is 11.2 Å². The monoisotopic (exact) mass is 282 g/mol. The molecule has 0 unspecified atom stereocenters. The maximum absolute atomic E-state index is 5.97. The molecule has 0 saturated carbocycles. The van der Waals surface area contributed by atoms with Crippen LogP contribution in [0.1, 0.15) is 26.2 Å². The summed E-state index contributed by atoms with van der Waals surface area (Å²) < 4.78 is 5.29. The van der Waals surface area contributed by atoms with Crippen molar-refractivity contribution in [1.29, 1.82) is 0 Å². The van der Waals surface area contributed by atoms with Crippen LogP contribution in [0.25, 0.3) is 22.3 Å². The Kier molecular flexibility index (Phi) is 3.43. The second kappa shape index (κ2) is 5.26. The summed E-state index contributed by atoms with van der Waals surface area (Å²) in [4.78, 5) is 8.74. The van der Waals surface area contributed by atoms with E-state index in [0.29, 0.717) is 18.1 Å². The van der Waals surface area contributed by atoms with Crippen molar-refractivity contribution >= 4 is 10.9 Å². The topological polar surface area (TPSA) is 77.8 Å². The predicted molar refractivity (Wildman–Crippen MR) is 81.6 cm³/mol. The van der Waals surface area contributed by atoms with E-state index in [2.05, 4.69) is 15.1 Å². The smallest absolute Gasteiger partial charge is 0.227 e. The van der Waals surface area contributed by atoms with Gasteiger partial charge in [0.15, 0.2) is 0 Å². The van der Waals surface area contributed by atoms with Crippen LogP contribution >= 0.6 is 0 Å². The van der Waals surface area contributed by atoms with Gasteiger partial charge in [0.05, 0.1) is 5.52 Å². The molecular weight excluding hydrogens is 264 g/mol. The van der Waals surface area contributed by atoms with Crippen LogP contribution in [0, 0.1) is 0 Å². The minimum absolute atomic E-state index is 0.233. The van der Waals surface area contributed by atoms with E-state index in [1.807, 2.05) is 44.2 Å². The normalized spacial score (nSPS) is 12.0. The van der Waals surface area contributed by atoms with Gasteiger partial charge in [0.2, 0.25) is 11.7 Å². The molecule has 3 rings (SSSR count). The van der Waals surface area contributed by atoms with E-state index >= 15 is 0 Å². The van der Waals surface area contributed by atoms with Crippen molar-refractivity contribution in [2.24, 2.45) is 5.73 Å². The second-order valence-electron chi connectivity index (χ2n) is 5.91. The molecule has 1 aromatic carbocycles. The molecule has 0 aliphatic carbocycles. The van der Waals surface area contributed by atoms with E-state index in [0.717, 1.165) is 22.9 Å². The van der Waals surface area contributed by atoms with Gasteiger partial charge in [-0.15, -0.1) is 0 Å². The van der Waals surface area contributed by atoms with Crippen molar-refractivity contribution in [3.63, 3.8) is 0 Å². The van der Waals surface area contributed by atoms with E-state index < -0.39 is 0 Å². The van der Waals surface area contributed by atoms with Gasteiger partial charge in [-0.25, -0.2) is 0 Å². The van der Waals surface area contributed by atoms with Crippen molar-refractivity contribution in [3.8, 4) is 11.4 Å². The number of nitrogens with zero attached hydrogens (tertiary/aromatic N) is 3. The fourth-order valence-corrected chi connectivity index (χ4v) is 2.12. The molecule has 5 heteroatoms. The molecule has 0 saturated heterocycles. The van der Waals surface area contributed by atoms with Crippen LogP contribution < -0.4 is 5.73 Å². The number of benzene rings is 1. The van der Waals surface area contributed by atoms with Gasteiger partial charge in [-0.3, -0.25) is 4.98 Å². The predicted octanol–water partition coefficient (Wildman–Crippen LogP) is 2.95. The van der Waals surface area contributed by atoms with Gasteiger partial charge in [0, 0.05) is 29.1 Å². The minimum atomic E-state index is -0.233. The molecule has 0 amide bonds. The zero-order valence-corrected chi connectivity index (χ0v) is 12.2. The first-order chi connectivity index (χ1) is 10.0. The van der Waals surface area contributed by atoms with E-state index in [4.69, 9.17) is 10.3 Å². The molecule has 0 radical (unpaired) electrons. The van der Waals surface area contributed by atoms with Gasteiger partial charge in [0.1, 0.15) is 0 Å². The SMILES string of the molecule is CC(C)(N)CCc1nc(-c2ccc3ncccc3c2)no1. The molecule has 21 heavy (non-hydrogen) atoms. The first-order valence-electron chi connectivity index (χ1n) is 6.98. The Morgan fingerprint density at radius 1 is 1.24 bits per heavy atom. The van der Waals surface area contributed by atoms with Crippen molar-refractivity contribution < 1.29 is 4.52 Å². The third-order valence-corrected chi connectivity index (χ3v) is 3.31. The van der Waals surface area contributed by atoms with Gasteiger partial charge in [0.25, 0.3) is 0 Å². The second-order valence-corrected chi connectivity index (χ2v) is 5.91. The Hall–Kier alpha value is -2.27. The highest BCUT2D eigenvalue weighted by Gasteiger charge is 2.14. The van der Waals surface area contributed by atoms with E-state index in [1.54, 1.807) is 6.20 Å². The Balaban J connectivity index is 1.84. The third kappa shape index (κ3) is 3.25. The van der Waals surface area contributed by atoms with Gasteiger partial charge < -0.3 is 10.3 Å². The zero-order valence-electron chi connectivity index (χ0n) is 12.2. The molecule has 2 heterocycles. The average molecular weight is 282 g/mol. The summed E-state index contributed by atoms with van der Waals surface area (Å²) >= 11 is 0. The summed E-state index contributed by atoms with van der Waals surface area (Å²) in [5, 5.41) is 5.11. The summed E-state index contributed by atoms with van der Waals surface area (Å²) in [5.74, 6) is 1.22. The summed E-state index contributed by atoms with van der Waals surface area (Å²) in [7, 11) is 0. The van der Waals surface area contributed by atoms with Crippen LogP contribution in [-0.2, 0) is 6.42 Å². The molecular formula is C16H18N4O. The van der Waals surface area contributed by atoms with Crippen LogP contribution in [-0.4, -0.2) is 20.7 Å². The van der Waals surface area contributed by atoms with Crippen LogP contribution in [0.2, 0.25) is 0 Å². The van der Waals surface area contributed by atoms with E-state index in [1.165, 1.54) is 0 Å². The highest BCUT2D eigenvalue weighted by molar-refractivity contribution is 5.82. The highest BCUT2D eigenvalue weighted by atomic mass is 16.5. The summed E-state index contributed by atoms with van der Waals surface area (Å²) in [6.07, 6.45) is 3.27. The number of hydrogen-bond donors (Lipinski definition) is 1. The summed E-state index contributed by atoms with van der Waals surface area (Å²) in [6, 6.07) is 9.87. The Bertz CT molecular complexity index is 758. The van der Waals surface area contributed by atoms with Gasteiger partial charge in [-0.05, 0) is 44.5 Å². The molecule has 0 aliphatic rings. The maximum atomic E-state index is 5.97. The number of pyridine rings is 1. The van der Waals surface area contributed by atoms with Gasteiger partial charge >= 0.3 is 0 Å². The molecule has 3 aromatic rings. The number of fused-ring (bicyclic) bond motifs is 1. The third-order valence-electron chi connectivity index (χ3n) is 3.31. The van der Waals surface area contributed by atoms with Crippen molar-refractivity contribution in [2.45, 2.75) is 32.2 Å². The lowest BCUT2D eigenvalue weighted by molar-refractivity contribution is 0.358. The summed E-state index contributed by atoms with van der Waals surface area (Å²) in [6.45, 7) is 3.97. The Morgan fingerprint density at radius 2 is 2.10 bits per heavy atom. The number of hydrogen-bond acceptors (Lipinski definition) is 5. The highest BCUT2D eigenvalue weighted by Crippen LogP contribution is 2.21. The van der Waals surface area contributed by atoms with Crippen molar-refractivity contribution in [2.75, 3.05) is 0 Å². The quantitative estimate of drug-likeness (QED) is 0.796. The molecule has 5 nitrogen and oxygen atoms in total. The first-order valence-corrected chi connectivity index (χ1v) is 6.98. The number of nitrogens with two attached hydrogens (primary N) is 1. The lowest BCUT2D eigenvalue weighted by Gasteiger charge is -2.16. The first kappa shape index (κ1) is 13.7. The Morgan fingerprint density at radius 3 is 2.90 bits per heavy atom.